The molecular formula is C13H17BN2O3S. The van der Waals surface area contributed by atoms with Crippen molar-refractivity contribution in [3.8, 4) is 5.75 Å². The topological polar surface area (TPSA) is 59.0 Å². The summed E-state index contributed by atoms with van der Waals surface area (Å²) in [5, 5.41) is 0. The zero-order valence-corrected chi connectivity index (χ0v) is 12.4. The van der Waals surface area contributed by atoms with Gasteiger partial charge in [0.15, 0.2) is 0 Å². The van der Waals surface area contributed by atoms with Crippen LogP contribution >= 0.6 is 0 Å². The number of benzene rings is 1. The number of rotatable bonds is 5. The van der Waals surface area contributed by atoms with Crippen molar-refractivity contribution in [2.45, 2.75) is 24.6 Å². The second kappa shape index (κ2) is 6.13. The molecule has 2 rings (SSSR count). The van der Waals surface area contributed by atoms with Crippen molar-refractivity contribution < 1.29 is 13.1 Å². The SMILES string of the molecule is CCBOc1ccc(S(=O)(=O)N(C)C2=NC=CC2)cc1. The van der Waals surface area contributed by atoms with Crippen LogP contribution in [0.15, 0.2) is 46.4 Å². The second-order valence-electron chi connectivity index (χ2n) is 4.43. The van der Waals surface area contributed by atoms with Crippen molar-refractivity contribution >= 4 is 23.3 Å². The molecule has 0 spiro atoms. The molecule has 20 heavy (non-hydrogen) atoms. The van der Waals surface area contributed by atoms with E-state index in [0.717, 1.165) is 6.32 Å². The number of sulfonamides is 1. The molecule has 0 atom stereocenters. The quantitative estimate of drug-likeness (QED) is 0.777. The zero-order chi connectivity index (χ0) is 14.6. The maximum absolute atomic E-state index is 12.4. The van der Waals surface area contributed by atoms with Gasteiger partial charge in [-0.25, -0.2) is 13.4 Å². The van der Waals surface area contributed by atoms with Gasteiger partial charge in [-0.2, -0.15) is 0 Å². The van der Waals surface area contributed by atoms with E-state index in [1.165, 1.54) is 11.4 Å². The summed E-state index contributed by atoms with van der Waals surface area (Å²) in [7, 11) is -1.42. The van der Waals surface area contributed by atoms with Crippen LogP contribution in [0, 0.1) is 0 Å². The lowest BCUT2D eigenvalue weighted by atomic mass is 9.97. The minimum Gasteiger partial charge on any atom is -0.564 e. The molecule has 0 amide bonds. The monoisotopic (exact) mass is 292 g/mol. The first-order valence-electron chi connectivity index (χ1n) is 6.49. The van der Waals surface area contributed by atoms with Crippen molar-refractivity contribution in [1.82, 2.24) is 4.31 Å². The Hall–Kier alpha value is -1.76. The standard InChI is InChI=1S/C13H17BN2O3S/c1-3-14-19-11-6-8-12(9-7-11)20(17,18)16(2)13-5-4-10-15-13/h4,6-10,14H,3,5H2,1-2H3. The molecule has 0 saturated carbocycles. The Morgan fingerprint density at radius 1 is 1.35 bits per heavy atom. The Morgan fingerprint density at radius 2 is 2.05 bits per heavy atom. The Bertz CT molecular complexity index is 624. The summed E-state index contributed by atoms with van der Waals surface area (Å²) in [6, 6.07) is 6.45. The zero-order valence-electron chi connectivity index (χ0n) is 11.6. The van der Waals surface area contributed by atoms with E-state index in [1.54, 1.807) is 30.5 Å². The molecule has 1 aliphatic heterocycles. The summed E-state index contributed by atoms with van der Waals surface area (Å²) in [5.41, 5.74) is 0. The van der Waals surface area contributed by atoms with Crippen LogP contribution in [-0.2, 0) is 10.0 Å². The molecule has 0 fully saturated rings. The van der Waals surface area contributed by atoms with Crippen LogP contribution in [-0.4, -0.2) is 33.1 Å². The van der Waals surface area contributed by atoms with Crippen LogP contribution in [0.1, 0.15) is 13.3 Å². The lowest BCUT2D eigenvalue weighted by molar-refractivity contribution is 0.550. The van der Waals surface area contributed by atoms with Gasteiger partial charge < -0.3 is 4.65 Å². The average Bonchev–Trinajstić information content (AvgIpc) is 2.98. The molecule has 1 aromatic rings. The Kier molecular flexibility index (Phi) is 4.49. The van der Waals surface area contributed by atoms with Gasteiger partial charge in [0.05, 0.1) is 10.6 Å². The van der Waals surface area contributed by atoms with Gasteiger partial charge in [-0.1, -0.05) is 13.0 Å². The maximum atomic E-state index is 12.4. The summed E-state index contributed by atoms with van der Waals surface area (Å²) in [6.45, 7) is 2.02. The summed E-state index contributed by atoms with van der Waals surface area (Å²) < 4.78 is 31.5. The molecule has 0 radical (unpaired) electrons. The van der Waals surface area contributed by atoms with Crippen molar-refractivity contribution in [2.24, 2.45) is 4.99 Å². The molecular weight excluding hydrogens is 275 g/mol. The predicted octanol–water partition coefficient (Wildman–Crippen LogP) is 1.79. The van der Waals surface area contributed by atoms with E-state index in [-0.39, 0.29) is 4.90 Å². The fourth-order valence-corrected chi connectivity index (χ4v) is 2.98. The van der Waals surface area contributed by atoms with Crippen molar-refractivity contribution in [2.75, 3.05) is 7.05 Å². The summed E-state index contributed by atoms with van der Waals surface area (Å²) in [5.74, 6) is 1.20. The molecule has 0 unspecified atom stereocenters. The first kappa shape index (κ1) is 14.6. The van der Waals surface area contributed by atoms with E-state index in [9.17, 15) is 8.42 Å². The highest BCUT2D eigenvalue weighted by atomic mass is 32.2. The van der Waals surface area contributed by atoms with Gasteiger partial charge >= 0.3 is 7.48 Å². The van der Waals surface area contributed by atoms with E-state index < -0.39 is 10.0 Å². The molecule has 0 aromatic heterocycles. The molecule has 1 aliphatic rings. The lowest BCUT2D eigenvalue weighted by Crippen LogP contribution is -2.32. The number of hydrogen-bond acceptors (Lipinski definition) is 4. The van der Waals surface area contributed by atoms with Gasteiger partial charge in [0, 0.05) is 19.7 Å². The van der Waals surface area contributed by atoms with Gasteiger partial charge in [-0.05, 0) is 30.6 Å². The third kappa shape index (κ3) is 3.04. The first-order valence-corrected chi connectivity index (χ1v) is 7.93. The van der Waals surface area contributed by atoms with Crippen molar-refractivity contribution in [1.29, 1.82) is 0 Å². The first-order chi connectivity index (χ1) is 9.55. The van der Waals surface area contributed by atoms with Crippen LogP contribution in [0.5, 0.6) is 5.75 Å². The number of nitrogens with zero attached hydrogens (tertiary/aromatic N) is 2. The third-order valence-electron chi connectivity index (χ3n) is 2.95. The normalized spacial score (nSPS) is 14.0. The van der Waals surface area contributed by atoms with E-state index >= 15 is 0 Å². The van der Waals surface area contributed by atoms with E-state index in [1.807, 2.05) is 13.0 Å². The number of aliphatic imine (C=N–C) groups is 1. The Morgan fingerprint density at radius 3 is 2.60 bits per heavy atom. The van der Waals surface area contributed by atoms with Gasteiger partial charge in [0.25, 0.3) is 10.0 Å². The van der Waals surface area contributed by atoms with Crippen LogP contribution < -0.4 is 4.65 Å². The molecule has 0 N–H and O–H groups in total. The van der Waals surface area contributed by atoms with Crippen molar-refractivity contribution in [3.63, 3.8) is 0 Å². The largest absolute Gasteiger partial charge is 0.564 e. The van der Waals surface area contributed by atoms with Crippen LogP contribution in [0.4, 0.5) is 0 Å². The summed E-state index contributed by atoms with van der Waals surface area (Å²) >= 11 is 0. The predicted molar refractivity (Wildman–Crippen MR) is 80.8 cm³/mol. The van der Waals surface area contributed by atoms with Gasteiger partial charge in [0.2, 0.25) is 0 Å². The Labute approximate surface area is 120 Å². The molecule has 5 nitrogen and oxygen atoms in total. The molecule has 106 valence electrons. The molecule has 7 heteroatoms. The minimum absolute atomic E-state index is 0.235. The van der Waals surface area contributed by atoms with Crippen LogP contribution in [0.2, 0.25) is 6.32 Å². The molecule has 0 aliphatic carbocycles. The fraction of sp³-hybridized carbons (Fsp3) is 0.308. The highest BCUT2D eigenvalue weighted by Gasteiger charge is 2.24. The van der Waals surface area contributed by atoms with Gasteiger partial charge in [0.1, 0.15) is 5.84 Å². The second-order valence-corrected chi connectivity index (χ2v) is 6.40. The van der Waals surface area contributed by atoms with E-state index in [2.05, 4.69) is 4.99 Å². The highest BCUT2D eigenvalue weighted by molar-refractivity contribution is 7.89. The smallest absolute Gasteiger partial charge is 0.339 e. The van der Waals surface area contributed by atoms with Crippen LogP contribution in [0.3, 0.4) is 0 Å². The van der Waals surface area contributed by atoms with E-state index in [0.29, 0.717) is 25.5 Å². The summed E-state index contributed by atoms with van der Waals surface area (Å²) in [4.78, 5) is 4.28. The Balaban J connectivity index is 2.17. The van der Waals surface area contributed by atoms with Crippen LogP contribution in [0.25, 0.3) is 0 Å². The molecule has 1 heterocycles. The van der Waals surface area contributed by atoms with Gasteiger partial charge in [-0.15, -0.1) is 0 Å². The number of hydrogen-bond donors (Lipinski definition) is 0. The van der Waals surface area contributed by atoms with E-state index in [4.69, 9.17) is 4.65 Å². The third-order valence-corrected chi connectivity index (χ3v) is 4.75. The number of amidine groups is 1. The molecule has 1 aromatic carbocycles. The fourth-order valence-electron chi connectivity index (χ4n) is 1.78. The lowest BCUT2D eigenvalue weighted by Gasteiger charge is -2.19. The molecule has 0 saturated heterocycles. The van der Waals surface area contributed by atoms with Gasteiger partial charge in [-0.3, -0.25) is 4.31 Å². The molecule has 0 bridgehead atoms. The van der Waals surface area contributed by atoms with Crippen molar-refractivity contribution in [3.05, 3.63) is 36.5 Å². The summed E-state index contributed by atoms with van der Waals surface area (Å²) in [6.07, 6.45) is 4.88. The minimum atomic E-state index is -3.55. The maximum Gasteiger partial charge on any atom is 0.339 e. The average molecular weight is 292 g/mol. The highest BCUT2D eigenvalue weighted by Crippen LogP contribution is 2.20.